The predicted molar refractivity (Wildman–Crippen MR) is 118 cm³/mol. The second-order valence-electron chi connectivity index (χ2n) is 6.72. The van der Waals surface area contributed by atoms with Crippen molar-refractivity contribution in [1.29, 1.82) is 0 Å². The molecule has 7 nitrogen and oxygen atoms in total. The Hall–Kier alpha value is -2.16. The van der Waals surface area contributed by atoms with Gasteiger partial charge in [0.05, 0.1) is 18.6 Å². The first kappa shape index (κ1) is 21.5. The van der Waals surface area contributed by atoms with Crippen LogP contribution in [0.2, 0.25) is 4.34 Å². The lowest BCUT2D eigenvalue weighted by molar-refractivity contribution is 0.173. The van der Waals surface area contributed by atoms with E-state index in [4.69, 9.17) is 21.1 Å². The molecule has 0 atom stereocenters. The Balaban J connectivity index is 1.55. The number of thiophene rings is 1. The zero-order valence-corrected chi connectivity index (χ0v) is 18.5. The zero-order chi connectivity index (χ0) is 20.8. The SMILES string of the molecule is CN=C(NCc1cc(OC)c(O)c(OC)c1)N1CCN(Cc2ccc(Cl)s2)CC1. The van der Waals surface area contributed by atoms with E-state index < -0.39 is 0 Å². The van der Waals surface area contributed by atoms with Gasteiger partial charge in [0, 0.05) is 51.2 Å². The van der Waals surface area contributed by atoms with Gasteiger partial charge in [-0.3, -0.25) is 9.89 Å². The Bertz CT molecular complexity index is 825. The molecule has 0 aliphatic carbocycles. The molecular weight excluding hydrogens is 412 g/mol. The van der Waals surface area contributed by atoms with Crippen molar-refractivity contribution in [3.63, 3.8) is 0 Å². The van der Waals surface area contributed by atoms with Gasteiger partial charge in [0.15, 0.2) is 17.5 Å². The van der Waals surface area contributed by atoms with Gasteiger partial charge in [-0.2, -0.15) is 0 Å². The summed E-state index contributed by atoms with van der Waals surface area (Å²) in [6.45, 7) is 5.23. The maximum atomic E-state index is 10.1. The maximum absolute atomic E-state index is 10.1. The summed E-state index contributed by atoms with van der Waals surface area (Å²) >= 11 is 7.67. The molecule has 0 bridgehead atoms. The van der Waals surface area contributed by atoms with Crippen LogP contribution >= 0.6 is 22.9 Å². The molecule has 1 aromatic heterocycles. The molecule has 1 saturated heterocycles. The molecule has 2 aromatic rings. The second-order valence-corrected chi connectivity index (χ2v) is 8.52. The van der Waals surface area contributed by atoms with Crippen molar-refractivity contribution in [1.82, 2.24) is 15.1 Å². The van der Waals surface area contributed by atoms with Crippen LogP contribution in [0.4, 0.5) is 0 Å². The fourth-order valence-corrected chi connectivity index (χ4v) is 4.47. The normalized spacial score (nSPS) is 15.4. The van der Waals surface area contributed by atoms with Crippen LogP contribution in [-0.4, -0.2) is 68.3 Å². The van der Waals surface area contributed by atoms with Gasteiger partial charge in [0.2, 0.25) is 5.75 Å². The fraction of sp³-hybridized carbons (Fsp3) is 0.450. The lowest BCUT2D eigenvalue weighted by atomic mass is 10.2. The number of halogens is 1. The minimum atomic E-state index is 0.00582. The number of aromatic hydroxyl groups is 1. The number of phenolic OH excluding ortho intramolecular Hbond substituents is 1. The molecule has 1 aromatic carbocycles. The van der Waals surface area contributed by atoms with Crippen LogP contribution in [0.5, 0.6) is 17.2 Å². The number of rotatable bonds is 6. The van der Waals surface area contributed by atoms with Crippen LogP contribution in [0.15, 0.2) is 29.3 Å². The van der Waals surface area contributed by atoms with Gasteiger partial charge in [-0.15, -0.1) is 11.3 Å². The quantitative estimate of drug-likeness (QED) is 0.533. The van der Waals surface area contributed by atoms with Crippen LogP contribution in [0.1, 0.15) is 10.4 Å². The van der Waals surface area contributed by atoms with E-state index >= 15 is 0 Å². The van der Waals surface area contributed by atoms with E-state index in [1.165, 1.54) is 19.1 Å². The van der Waals surface area contributed by atoms with Crippen molar-refractivity contribution in [3.05, 3.63) is 39.0 Å². The third-order valence-electron chi connectivity index (χ3n) is 4.88. The number of hydrogen-bond donors (Lipinski definition) is 2. The summed E-state index contributed by atoms with van der Waals surface area (Å²) in [6.07, 6.45) is 0. The van der Waals surface area contributed by atoms with E-state index in [0.717, 1.165) is 48.6 Å². The number of nitrogens with zero attached hydrogens (tertiary/aromatic N) is 3. The lowest BCUT2D eigenvalue weighted by Crippen LogP contribution is -2.51. The molecule has 9 heteroatoms. The summed E-state index contributed by atoms with van der Waals surface area (Å²) in [5.74, 6) is 1.64. The Morgan fingerprint density at radius 2 is 1.83 bits per heavy atom. The fourth-order valence-electron chi connectivity index (χ4n) is 3.34. The number of benzene rings is 1. The van der Waals surface area contributed by atoms with Gasteiger partial charge in [0.25, 0.3) is 0 Å². The van der Waals surface area contributed by atoms with Crippen LogP contribution in [0, 0.1) is 0 Å². The number of methoxy groups -OCH3 is 2. The van der Waals surface area contributed by atoms with Crippen molar-refractivity contribution in [2.45, 2.75) is 13.1 Å². The summed E-state index contributed by atoms with van der Waals surface area (Å²) < 4.78 is 11.3. The number of nitrogens with one attached hydrogen (secondary N) is 1. The van der Waals surface area contributed by atoms with Gasteiger partial charge in [-0.25, -0.2) is 0 Å². The Labute approximate surface area is 180 Å². The molecular formula is C20H27ClN4O3S. The Kier molecular flexibility index (Phi) is 7.46. The average molecular weight is 439 g/mol. The summed E-state index contributed by atoms with van der Waals surface area (Å²) in [4.78, 5) is 10.4. The Morgan fingerprint density at radius 1 is 1.17 bits per heavy atom. The molecule has 1 fully saturated rings. The first-order chi connectivity index (χ1) is 14.0. The molecule has 29 heavy (non-hydrogen) atoms. The number of piperazine rings is 1. The van der Waals surface area contributed by atoms with E-state index in [0.29, 0.717) is 18.0 Å². The summed E-state index contributed by atoms with van der Waals surface area (Å²) in [6, 6.07) is 7.64. The van der Waals surface area contributed by atoms with Crippen LogP contribution in [0.25, 0.3) is 0 Å². The maximum Gasteiger partial charge on any atom is 0.200 e. The molecule has 0 amide bonds. The smallest absolute Gasteiger partial charge is 0.200 e. The Morgan fingerprint density at radius 3 is 2.34 bits per heavy atom. The highest BCUT2D eigenvalue weighted by Crippen LogP contribution is 2.37. The van der Waals surface area contributed by atoms with Gasteiger partial charge in [-0.05, 0) is 29.8 Å². The highest BCUT2D eigenvalue weighted by Gasteiger charge is 2.20. The van der Waals surface area contributed by atoms with Crippen molar-refractivity contribution >= 4 is 28.9 Å². The van der Waals surface area contributed by atoms with E-state index in [1.807, 2.05) is 6.07 Å². The highest BCUT2D eigenvalue weighted by molar-refractivity contribution is 7.16. The van der Waals surface area contributed by atoms with E-state index in [2.05, 4.69) is 26.2 Å². The third-order valence-corrected chi connectivity index (χ3v) is 6.10. The first-order valence-corrected chi connectivity index (χ1v) is 10.6. The summed E-state index contributed by atoms with van der Waals surface area (Å²) in [5.41, 5.74) is 0.936. The van der Waals surface area contributed by atoms with Gasteiger partial charge >= 0.3 is 0 Å². The molecule has 0 radical (unpaired) electrons. The van der Waals surface area contributed by atoms with Crippen molar-refractivity contribution in [2.75, 3.05) is 47.4 Å². The summed E-state index contributed by atoms with van der Waals surface area (Å²) in [5, 5.41) is 13.5. The van der Waals surface area contributed by atoms with E-state index in [-0.39, 0.29) is 5.75 Å². The average Bonchev–Trinajstić information content (AvgIpc) is 3.15. The summed E-state index contributed by atoms with van der Waals surface area (Å²) in [7, 11) is 4.84. The molecule has 1 aliphatic heterocycles. The van der Waals surface area contributed by atoms with E-state index in [1.54, 1.807) is 30.5 Å². The highest BCUT2D eigenvalue weighted by atomic mass is 35.5. The van der Waals surface area contributed by atoms with Crippen molar-refractivity contribution in [3.8, 4) is 17.2 Å². The molecule has 0 saturated carbocycles. The number of guanidine groups is 1. The zero-order valence-electron chi connectivity index (χ0n) is 16.9. The number of phenols is 1. The largest absolute Gasteiger partial charge is 0.502 e. The third kappa shape index (κ3) is 5.46. The molecule has 2 heterocycles. The molecule has 158 valence electrons. The molecule has 2 N–H and O–H groups in total. The molecule has 1 aliphatic rings. The first-order valence-electron chi connectivity index (χ1n) is 9.40. The topological polar surface area (TPSA) is 69.6 Å². The minimum Gasteiger partial charge on any atom is -0.502 e. The minimum absolute atomic E-state index is 0.00582. The van der Waals surface area contributed by atoms with Crippen LogP contribution in [-0.2, 0) is 13.1 Å². The molecule has 3 rings (SSSR count). The predicted octanol–water partition coefficient (Wildman–Crippen LogP) is 3.02. The lowest BCUT2D eigenvalue weighted by Gasteiger charge is -2.36. The van der Waals surface area contributed by atoms with Crippen LogP contribution < -0.4 is 14.8 Å². The standard InChI is InChI=1S/C20H27ClN4O3S/c1-22-20(23-12-14-10-16(27-2)19(26)17(11-14)28-3)25-8-6-24(7-9-25)13-15-4-5-18(21)29-15/h4-5,10-11,26H,6-9,12-13H2,1-3H3,(H,22,23). The molecule has 0 spiro atoms. The van der Waals surface area contributed by atoms with Gasteiger partial charge in [-0.1, -0.05) is 11.6 Å². The number of hydrogen-bond acceptors (Lipinski definition) is 6. The molecule has 0 unspecified atom stereocenters. The monoisotopic (exact) mass is 438 g/mol. The van der Waals surface area contributed by atoms with Gasteiger partial charge < -0.3 is 24.8 Å². The van der Waals surface area contributed by atoms with Crippen molar-refractivity contribution in [2.24, 2.45) is 4.99 Å². The second kappa shape index (κ2) is 10.0. The van der Waals surface area contributed by atoms with E-state index in [9.17, 15) is 5.11 Å². The van der Waals surface area contributed by atoms with Gasteiger partial charge in [0.1, 0.15) is 0 Å². The van der Waals surface area contributed by atoms with Crippen LogP contribution in [0.3, 0.4) is 0 Å². The number of aliphatic imine (C=N–C) groups is 1. The van der Waals surface area contributed by atoms with Crippen molar-refractivity contribution < 1.29 is 14.6 Å². The number of ether oxygens (including phenoxy) is 2.